The number of piperazine rings is 1. The quantitative estimate of drug-likeness (QED) is 0.609. The summed E-state index contributed by atoms with van der Waals surface area (Å²) in [6.45, 7) is 5.01. The summed E-state index contributed by atoms with van der Waals surface area (Å²) in [5.74, 6) is -0.277. The molecule has 1 aromatic rings. The van der Waals surface area contributed by atoms with Crippen LogP contribution in [0.25, 0.3) is 0 Å². The summed E-state index contributed by atoms with van der Waals surface area (Å²) in [4.78, 5) is 41.8. The van der Waals surface area contributed by atoms with Gasteiger partial charge in [-0.15, -0.1) is 0 Å². The molecule has 2 fully saturated rings. The Morgan fingerprint density at radius 3 is 2.26 bits per heavy atom. The number of hydrogen-bond acceptors (Lipinski definition) is 3. The van der Waals surface area contributed by atoms with Gasteiger partial charge in [-0.25, -0.2) is 4.79 Å². The molecule has 1 saturated heterocycles. The highest BCUT2D eigenvalue weighted by molar-refractivity contribution is 5.91. The number of hydrogen-bond donors (Lipinski definition) is 2. The standard InChI is InChI=1S/C25H35F3N4O3/c1-3-17(2)21(30-22(33)18-8-5-4-6-9-18)23(34)31-12-14-32(15-13-31)24(35)29-20-11-7-10-19(16-20)25(26,27)28/h7,10-11,16-18,21H,3-6,8-9,12-15H2,1-2H3,(H,29,35)(H,30,33). The molecule has 194 valence electrons. The Morgan fingerprint density at radius 1 is 1.03 bits per heavy atom. The molecular formula is C25H35F3N4O3. The van der Waals surface area contributed by atoms with E-state index in [1.54, 1.807) is 4.90 Å². The Morgan fingerprint density at radius 2 is 1.66 bits per heavy atom. The Hall–Kier alpha value is -2.78. The fraction of sp³-hybridized carbons (Fsp3) is 0.640. The van der Waals surface area contributed by atoms with E-state index in [2.05, 4.69) is 10.6 Å². The smallest absolute Gasteiger partial charge is 0.344 e. The van der Waals surface area contributed by atoms with Crippen molar-refractivity contribution in [3.63, 3.8) is 0 Å². The molecule has 1 aliphatic heterocycles. The molecular weight excluding hydrogens is 461 g/mol. The number of alkyl halides is 3. The number of anilines is 1. The van der Waals surface area contributed by atoms with Gasteiger partial charge < -0.3 is 20.4 Å². The normalized spacial score (nSPS) is 19.1. The van der Waals surface area contributed by atoms with Crippen molar-refractivity contribution in [3.8, 4) is 0 Å². The zero-order valence-electron chi connectivity index (χ0n) is 20.4. The lowest BCUT2D eigenvalue weighted by Gasteiger charge is -2.38. The Labute approximate surface area is 204 Å². The summed E-state index contributed by atoms with van der Waals surface area (Å²) in [5.41, 5.74) is -0.775. The molecule has 2 aliphatic rings. The highest BCUT2D eigenvalue weighted by atomic mass is 19.4. The molecule has 2 N–H and O–H groups in total. The molecule has 1 saturated carbocycles. The third-order valence-electron chi connectivity index (χ3n) is 7.07. The zero-order valence-corrected chi connectivity index (χ0v) is 20.4. The third-order valence-corrected chi connectivity index (χ3v) is 7.07. The van der Waals surface area contributed by atoms with Crippen LogP contribution < -0.4 is 10.6 Å². The summed E-state index contributed by atoms with van der Waals surface area (Å²) in [5, 5.41) is 5.51. The summed E-state index contributed by atoms with van der Waals surface area (Å²) in [7, 11) is 0. The minimum Gasteiger partial charge on any atom is -0.344 e. The summed E-state index contributed by atoms with van der Waals surface area (Å²) < 4.78 is 38.8. The van der Waals surface area contributed by atoms with Crippen LogP contribution in [0.5, 0.6) is 0 Å². The van der Waals surface area contributed by atoms with Crippen LogP contribution in [0.3, 0.4) is 0 Å². The molecule has 1 heterocycles. The van der Waals surface area contributed by atoms with Crippen LogP contribution in [-0.2, 0) is 15.8 Å². The molecule has 3 rings (SSSR count). The van der Waals surface area contributed by atoms with E-state index in [1.807, 2.05) is 13.8 Å². The van der Waals surface area contributed by atoms with Crippen LogP contribution in [0.15, 0.2) is 24.3 Å². The number of rotatable bonds is 6. The van der Waals surface area contributed by atoms with E-state index in [1.165, 1.54) is 17.0 Å². The van der Waals surface area contributed by atoms with Gasteiger partial charge in [-0.05, 0) is 37.0 Å². The topological polar surface area (TPSA) is 81.8 Å². The summed E-state index contributed by atoms with van der Waals surface area (Å²) in [6.07, 6.45) is 1.16. The van der Waals surface area contributed by atoms with E-state index in [9.17, 15) is 27.6 Å². The highest BCUT2D eigenvalue weighted by Crippen LogP contribution is 2.30. The average molecular weight is 497 g/mol. The summed E-state index contributed by atoms with van der Waals surface area (Å²) >= 11 is 0. The van der Waals surface area contributed by atoms with Gasteiger partial charge in [0.25, 0.3) is 0 Å². The van der Waals surface area contributed by atoms with Crippen molar-refractivity contribution in [1.29, 1.82) is 0 Å². The van der Waals surface area contributed by atoms with E-state index in [0.717, 1.165) is 50.7 Å². The lowest BCUT2D eigenvalue weighted by atomic mass is 9.88. The van der Waals surface area contributed by atoms with Crippen LogP contribution >= 0.6 is 0 Å². The monoisotopic (exact) mass is 496 g/mol. The minimum atomic E-state index is -4.49. The fourth-order valence-corrected chi connectivity index (χ4v) is 4.62. The van der Waals surface area contributed by atoms with E-state index in [-0.39, 0.29) is 42.4 Å². The van der Waals surface area contributed by atoms with Crippen molar-refractivity contribution in [2.24, 2.45) is 11.8 Å². The first-order chi connectivity index (χ1) is 16.6. The molecule has 4 amide bonds. The van der Waals surface area contributed by atoms with Crippen LogP contribution in [0.2, 0.25) is 0 Å². The van der Waals surface area contributed by atoms with E-state index < -0.39 is 23.8 Å². The van der Waals surface area contributed by atoms with Crippen molar-refractivity contribution in [3.05, 3.63) is 29.8 Å². The van der Waals surface area contributed by atoms with Gasteiger partial charge in [0, 0.05) is 37.8 Å². The maximum absolute atomic E-state index is 13.3. The van der Waals surface area contributed by atoms with Crippen molar-refractivity contribution >= 4 is 23.5 Å². The maximum Gasteiger partial charge on any atom is 0.416 e. The van der Waals surface area contributed by atoms with Gasteiger partial charge in [0.15, 0.2) is 0 Å². The minimum absolute atomic E-state index is 0.0303. The lowest BCUT2D eigenvalue weighted by Crippen LogP contribution is -2.58. The first-order valence-corrected chi connectivity index (χ1v) is 12.4. The number of nitrogens with zero attached hydrogens (tertiary/aromatic N) is 2. The largest absolute Gasteiger partial charge is 0.416 e. The Kier molecular flexibility index (Phi) is 9.02. The molecule has 7 nitrogen and oxygen atoms in total. The first-order valence-electron chi connectivity index (χ1n) is 12.4. The van der Waals surface area contributed by atoms with Crippen molar-refractivity contribution in [2.75, 3.05) is 31.5 Å². The van der Waals surface area contributed by atoms with E-state index >= 15 is 0 Å². The molecule has 1 aliphatic carbocycles. The third kappa shape index (κ3) is 7.11. The molecule has 2 atom stereocenters. The van der Waals surface area contributed by atoms with Gasteiger partial charge in [-0.3, -0.25) is 9.59 Å². The van der Waals surface area contributed by atoms with Crippen molar-refractivity contribution < 1.29 is 27.6 Å². The predicted molar refractivity (Wildman–Crippen MR) is 127 cm³/mol. The van der Waals surface area contributed by atoms with Crippen LogP contribution in [0.1, 0.15) is 57.9 Å². The predicted octanol–water partition coefficient (Wildman–Crippen LogP) is 4.49. The number of carbonyl (C=O) groups is 3. The molecule has 2 unspecified atom stereocenters. The first kappa shape index (κ1) is 26.8. The zero-order chi connectivity index (χ0) is 25.6. The molecule has 0 aromatic heterocycles. The number of urea groups is 1. The molecule has 35 heavy (non-hydrogen) atoms. The molecule has 0 radical (unpaired) electrons. The maximum atomic E-state index is 13.3. The van der Waals surface area contributed by atoms with Crippen LogP contribution in [0, 0.1) is 11.8 Å². The van der Waals surface area contributed by atoms with Gasteiger partial charge in [0.2, 0.25) is 11.8 Å². The van der Waals surface area contributed by atoms with Gasteiger partial charge in [-0.2, -0.15) is 13.2 Å². The van der Waals surface area contributed by atoms with Crippen molar-refractivity contribution in [2.45, 2.75) is 64.6 Å². The lowest BCUT2D eigenvalue weighted by molar-refractivity contribution is -0.140. The Balaban J connectivity index is 1.56. The van der Waals surface area contributed by atoms with E-state index in [0.29, 0.717) is 13.1 Å². The molecule has 0 spiro atoms. The van der Waals surface area contributed by atoms with Gasteiger partial charge >= 0.3 is 12.2 Å². The second-order valence-electron chi connectivity index (χ2n) is 9.53. The Bertz CT molecular complexity index is 894. The average Bonchev–Trinajstić information content (AvgIpc) is 2.86. The number of nitrogens with one attached hydrogen (secondary N) is 2. The van der Waals surface area contributed by atoms with Crippen molar-refractivity contribution in [1.82, 2.24) is 15.1 Å². The fourth-order valence-electron chi connectivity index (χ4n) is 4.62. The van der Waals surface area contributed by atoms with Crippen LogP contribution in [0.4, 0.5) is 23.7 Å². The van der Waals surface area contributed by atoms with Crippen LogP contribution in [-0.4, -0.2) is 59.9 Å². The summed E-state index contributed by atoms with van der Waals surface area (Å²) in [6, 6.07) is 3.36. The van der Waals surface area contributed by atoms with E-state index in [4.69, 9.17) is 0 Å². The van der Waals surface area contributed by atoms with Gasteiger partial charge in [-0.1, -0.05) is 45.6 Å². The second-order valence-corrected chi connectivity index (χ2v) is 9.53. The number of halogens is 3. The van der Waals surface area contributed by atoms with Gasteiger partial charge in [0.05, 0.1) is 5.56 Å². The molecule has 10 heteroatoms. The SMILES string of the molecule is CCC(C)C(NC(=O)C1CCCCC1)C(=O)N1CCN(C(=O)Nc2cccc(C(F)(F)F)c2)CC1. The second kappa shape index (κ2) is 11.8. The molecule has 1 aromatic carbocycles. The van der Waals surface area contributed by atoms with Gasteiger partial charge in [0.1, 0.15) is 6.04 Å². The molecule has 0 bridgehead atoms. The number of benzene rings is 1. The highest BCUT2D eigenvalue weighted by Gasteiger charge is 2.34. The number of carbonyl (C=O) groups excluding carboxylic acids is 3. The number of amides is 4.